The number of thiophene rings is 1. The molecule has 8 nitrogen and oxygen atoms in total. The molecule has 162 valence electrons. The molecule has 2 heterocycles. The van der Waals surface area contributed by atoms with Crippen LogP contribution in [0.5, 0.6) is 0 Å². The largest absolute Gasteiger partial charge is 0.335 e. The minimum absolute atomic E-state index is 0.0166. The molecular weight excluding hydrogens is 469 g/mol. The number of rotatable bonds is 4. The van der Waals surface area contributed by atoms with Crippen LogP contribution in [0.2, 0.25) is 5.02 Å². The molecule has 0 bridgehead atoms. The van der Waals surface area contributed by atoms with Crippen LogP contribution >= 0.6 is 22.9 Å². The lowest BCUT2D eigenvalue weighted by Gasteiger charge is -2.33. The van der Waals surface area contributed by atoms with Gasteiger partial charge in [-0.1, -0.05) is 23.7 Å². The van der Waals surface area contributed by atoms with Crippen LogP contribution in [0.1, 0.15) is 9.67 Å². The Kier molecular flexibility index (Phi) is 5.69. The van der Waals surface area contributed by atoms with Gasteiger partial charge in [0.05, 0.1) is 9.95 Å². The van der Waals surface area contributed by atoms with Crippen molar-refractivity contribution >= 4 is 54.6 Å². The monoisotopic (exact) mass is 483 g/mol. The molecule has 1 aliphatic heterocycles. The van der Waals surface area contributed by atoms with Crippen LogP contribution in [0, 0.1) is 15.9 Å². The van der Waals surface area contributed by atoms with Gasteiger partial charge in [-0.05, 0) is 24.3 Å². The fourth-order valence-electron chi connectivity index (χ4n) is 3.42. The van der Waals surface area contributed by atoms with Crippen LogP contribution in [0.4, 0.5) is 10.1 Å². The van der Waals surface area contributed by atoms with Gasteiger partial charge in [0.15, 0.2) is 4.90 Å². The van der Waals surface area contributed by atoms with E-state index in [9.17, 15) is 27.7 Å². The highest BCUT2D eigenvalue weighted by molar-refractivity contribution is 7.89. The number of hydrogen-bond acceptors (Lipinski definition) is 6. The second kappa shape index (κ2) is 8.15. The Hall–Kier alpha value is -2.60. The lowest BCUT2D eigenvalue weighted by atomic mass is 10.2. The topological polar surface area (TPSA) is 101 Å². The first kappa shape index (κ1) is 21.6. The minimum atomic E-state index is -4.10. The summed E-state index contributed by atoms with van der Waals surface area (Å²) in [5.41, 5.74) is -0.495. The maximum atomic E-state index is 13.5. The standard InChI is InChI=1S/C19H15ClFN3O5S2/c20-17-13-6-5-12(21)11-15(13)30-18(17)19(25)22-7-9-23(10-8-22)31(28,29)16-4-2-1-3-14(16)24(26)27/h1-6,11H,7-10H2. The molecule has 2 aromatic carbocycles. The molecule has 0 aliphatic carbocycles. The van der Waals surface area contributed by atoms with Crippen LogP contribution in [-0.2, 0) is 10.0 Å². The quantitative estimate of drug-likeness (QED) is 0.415. The van der Waals surface area contributed by atoms with E-state index in [4.69, 9.17) is 11.6 Å². The van der Waals surface area contributed by atoms with Crippen LogP contribution in [-0.4, -0.2) is 54.6 Å². The first-order valence-electron chi connectivity index (χ1n) is 9.10. The molecule has 1 aliphatic rings. The molecule has 0 N–H and O–H groups in total. The van der Waals surface area contributed by atoms with Crippen molar-refractivity contribution in [3.8, 4) is 0 Å². The summed E-state index contributed by atoms with van der Waals surface area (Å²) in [6, 6.07) is 9.24. The van der Waals surface area contributed by atoms with Gasteiger partial charge >= 0.3 is 0 Å². The molecular formula is C19H15ClFN3O5S2. The number of halogens is 2. The third-order valence-corrected chi connectivity index (χ3v) is 8.58. The number of fused-ring (bicyclic) bond motifs is 1. The molecule has 3 aromatic rings. The van der Waals surface area contributed by atoms with Gasteiger partial charge in [0, 0.05) is 42.3 Å². The third kappa shape index (κ3) is 3.89. The number of sulfonamides is 1. The molecule has 0 radical (unpaired) electrons. The first-order valence-corrected chi connectivity index (χ1v) is 11.7. The number of benzene rings is 2. The highest BCUT2D eigenvalue weighted by Gasteiger charge is 2.35. The first-order chi connectivity index (χ1) is 14.7. The van der Waals surface area contributed by atoms with E-state index < -0.39 is 26.5 Å². The Balaban J connectivity index is 1.53. The van der Waals surface area contributed by atoms with E-state index in [2.05, 4.69) is 0 Å². The lowest BCUT2D eigenvalue weighted by Crippen LogP contribution is -2.50. The van der Waals surface area contributed by atoms with Gasteiger partial charge in [0.2, 0.25) is 10.0 Å². The number of nitro benzene ring substituents is 1. The molecule has 1 fully saturated rings. The number of para-hydroxylation sites is 1. The van der Waals surface area contributed by atoms with Gasteiger partial charge in [-0.2, -0.15) is 4.31 Å². The maximum absolute atomic E-state index is 13.5. The smallest absolute Gasteiger partial charge is 0.289 e. The van der Waals surface area contributed by atoms with E-state index in [1.165, 1.54) is 41.3 Å². The van der Waals surface area contributed by atoms with E-state index in [0.717, 1.165) is 21.7 Å². The Morgan fingerprint density at radius 3 is 2.48 bits per heavy atom. The SMILES string of the molecule is O=C(c1sc2cc(F)ccc2c1Cl)N1CCN(S(=O)(=O)c2ccccc2[N+](=O)[O-])CC1. The van der Waals surface area contributed by atoms with Crippen molar-refractivity contribution in [2.24, 2.45) is 0 Å². The van der Waals surface area contributed by atoms with E-state index in [1.54, 1.807) is 0 Å². The van der Waals surface area contributed by atoms with Crippen LogP contribution in [0.3, 0.4) is 0 Å². The molecule has 12 heteroatoms. The van der Waals surface area contributed by atoms with Crippen molar-refractivity contribution in [2.45, 2.75) is 4.90 Å². The molecule has 1 amide bonds. The molecule has 0 spiro atoms. The summed E-state index contributed by atoms with van der Waals surface area (Å²) in [6.45, 7) is 0.157. The van der Waals surface area contributed by atoms with Crippen molar-refractivity contribution in [3.05, 3.63) is 68.3 Å². The van der Waals surface area contributed by atoms with Crippen LogP contribution < -0.4 is 0 Å². The zero-order chi connectivity index (χ0) is 22.3. The van der Waals surface area contributed by atoms with Crippen molar-refractivity contribution in [1.82, 2.24) is 9.21 Å². The summed E-state index contributed by atoms with van der Waals surface area (Å²) in [4.78, 5) is 24.8. The van der Waals surface area contributed by atoms with Gasteiger partial charge in [0.25, 0.3) is 11.6 Å². The van der Waals surface area contributed by atoms with E-state index in [1.807, 2.05) is 0 Å². The second-order valence-electron chi connectivity index (χ2n) is 6.81. The summed E-state index contributed by atoms with van der Waals surface area (Å²) in [6.07, 6.45) is 0. The van der Waals surface area contributed by atoms with Gasteiger partial charge in [0.1, 0.15) is 10.7 Å². The summed E-state index contributed by atoms with van der Waals surface area (Å²) in [5.74, 6) is -0.799. The number of carbonyl (C=O) groups is 1. The fraction of sp³-hybridized carbons (Fsp3) is 0.211. The van der Waals surface area contributed by atoms with Gasteiger partial charge in [-0.15, -0.1) is 11.3 Å². The van der Waals surface area contributed by atoms with Gasteiger partial charge in [-0.25, -0.2) is 12.8 Å². The summed E-state index contributed by atoms with van der Waals surface area (Å²) in [5, 5.41) is 12.0. The summed E-state index contributed by atoms with van der Waals surface area (Å²) in [7, 11) is -4.10. The molecule has 0 unspecified atom stereocenters. The van der Waals surface area contributed by atoms with Gasteiger partial charge < -0.3 is 4.90 Å². The number of amides is 1. The highest BCUT2D eigenvalue weighted by atomic mass is 35.5. The average molecular weight is 484 g/mol. The molecule has 0 atom stereocenters. The second-order valence-corrected chi connectivity index (χ2v) is 10.1. The van der Waals surface area contributed by atoms with E-state index in [-0.39, 0.29) is 46.9 Å². The number of hydrogen-bond donors (Lipinski definition) is 0. The third-order valence-electron chi connectivity index (χ3n) is 4.99. The molecule has 1 aromatic heterocycles. The fourth-order valence-corrected chi connectivity index (χ4v) is 6.50. The predicted octanol–water partition coefficient (Wildman–Crippen LogP) is 3.75. The summed E-state index contributed by atoms with van der Waals surface area (Å²) < 4.78 is 41.0. The minimum Gasteiger partial charge on any atom is -0.335 e. The van der Waals surface area contributed by atoms with Crippen molar-refractivity contribution in [1.29, 1.82) is 0 Å². The Morgan fingerprint density at radius 1 is 1.13 bits per heavy atom. The Bertz CT molecular complexity index is 1300. The van der Waals surface area contributed by atoms with E-state index in [0.29, 0.717) is 10.1 Å². The number of carbonyl (C=O) groups excluding carboxylic acids is 1. The predicted molar refractivity (Wildman–Crippen MR) is 115 cm³/mol. The molecule has 0 saturated carbocycles. The van der Waals surface area contributed by atoms with Crippen molar-refractivity contribution < 1.29 is 22.5 Å². The highest BCUT2D eigenvalue weighted by Crippen LogP contribution is 2.36. The Morgan fingerprint density at radius 2 is 1.81 bits per heavy atom. The Labute approximate surface area is 185 Å². The van der Waals surface area contributed by atoms with Gasteiger partial charge in [-0.3, -0.25) is 14.9 Å². The van der Waals surface area contributed by atoms with Crippen LogP contribution in [0.15, 0.2) is 47.4 Å². The van der Waals surface area contributed by atoms with E-state index >= 15 is 0 Å². The maximum Gasteiger partial charge on any atom is 0.289 e. The lowest BCUT2D eigenvalue weighted by molar-refractivity contribution is -0.387. The number of piperazine rings is 1. The van der Waals surface area contributed by atoms with Crippen LogP contribution in [0.25, 0.3) is 10.1 Å². The number of nitrogens with zero attached hydrogens (tertiary/aromatic N) is 3. The zero-order valence-electron chi connectivity index (χ0n) is 15.8. The molecule has 4 rings (SSSR count). The number of nitro groups is 1. The molecule has 1 saturated heterocycles. The summed E-state index contributed by atoms with van der Waals surface area (Å²) >= 11 is 7.40. The zero-order valence-corrected chi connectivity index (χ0v) is 18.2. The van der Waals surface area contributed by atoms with Crippen molar-refractivity contribution in [2.75, 3.05) is 26.2 Å². The van der Waals surface area contributed by atoms with Crippen molar-refractivity contribution in [3.63, 3.8) is 0 Å². The normalized spacial score (nSPS) is 15.4. The molecule has 31 heavy (non-hydrogen) atoms. The average Bonchev–Trinajstić information content (AvgIpc) is 3.08.